The Kier molecular flexibility index (Phi) is 1.67. The van der Waals surface area contributed by atoms with Crippen molar-refractivity contribution in [3.05, 3.63) is 36.3 Å². The van der Waals surface area contributed by atoms with Crippen molar-refractivity contribution in [1.82, 2.24) is 14.7 Å². The van der Waals surface area contributed by atoms with Gasteiger partial charge < -0.3 is 4.72 Å². The van der Waals surface area contributed by atoms with Crippen LogP contribution in [0, 0.1) is 0 Å². The summed E-state index contributed by atoms with van der Waals surface area (Å²) in [4.78, 5) is 9.75. The van der Waals surface area contributed by atoms with Crippen LogP contribution in [0.3, 0.4) is 0 Å². The van der Waals surface area contributed by atoms with Gasteiger partial charge in [0.05, 0.1) is 10.4 Å². The van der Waals surface area contributed by atoms with Gasteiger partial charge in [-0.2, -0.15) is 0 Å². The Morgan fingerprint density at radius 1 is 1.14 bits per heavy atom. The van der Waals surface area contributed by atoms with E-state index < -0.39 is 0 Å². The van der Waals surface area contributed by atoms with Crippen LogP contribution >= 0.6 is 11.9 Å². The van der Waals surface area contributed by atoms with Gasteiger partial charge in [-0.05, 0) is 29.7 Å². The van der Waals surface area contributed by atoms with Crippen LogP contribution in [-0.4, -0.2) is 9.97 Å². The quantitative estimate of drug-likeness (QED) is 0.663. The van der Waals surface area contributed by atoms with Crippen molar-refractivity contribution in [2.75, 3.05) is 0 Å². The zero-order valence-corrected chi connectivity index (χ0v) is 8.08. The van der Waals surface area contributed by atoms with Crippen LogP contribution in [0.4, 0.5) is 0 Å². The molecular formula is C10H7N3S. The number of nitrogens with one attached hydrogen (secondary N) is 1. The number of fused-ring (bicyclic) bond motifs is 3. The van der Waals surface area contributed by atoms with E-state index in [1.807, 2.05) is 18.3 Å². The first-order chi connectivity index (χ1) is 6.95. The Morgan fingerprint density at radius 3 is 3.07 bits per heavy atom. The first-order valence-electron chi connectivity index (χ1n) is 4.28. The minimum absolute atomic E-state index is 0.941. The van der Waals surface area contributed by atoms with Crippen LogP contribution in [0.2, 0.25) is 0 Å². The highest BCUT2D eigenvalue weighted by atomic mass is 32.2. The van der Waals surface area contributed by atoms with E-state index in [1.54, 1.807) is 24.3 Å². The molecule has 0 aliphatic carbocycles. The van der Waals surface area contributed by atoms with Gasteiger partial charge in [0.15, 0.2) is 0 Å². The van der Waals surface area contributed by atoms with E-state index in [2.05, 4.69) is 20.8 Å². The lowest BCUT2D eigenvalue weighted by Crippen LogP contribution is -1.99. The molecule has 68 valence electrons. The monoisotopic (exact) mass is 201 g/mol. The molecular weight excluding hydrogens is 194 g/mol. The summed E-state index contributed by atoms with van der Waals surface area (Å²) in [7, 11) is 0. The minimum atomic E-state index is 0.941. The third-order valence-corrected chi connectivity index (χ3v) is 3.00. The van der Waals surface area contributed by atoms with Crippen molar-refractivity contribution in [1.29, 1.82) is 0 Å². The Labute approximate surface area is 85.4 Å². The summed E-state index contributed by atoms with van der Waals surface area (Å²) in [5.41, 5.74) is 3.10. The van der Waals surface area contributed by atoms with Gasteiger partial charge in [-0.15, -0.1) is 0 Å². The SMILES string of the molecule is C1=Cc2ccc3nccnc3c2SN1. The number of benzene rings is 1. The third kappa shape index (κ3) is 1.08. The average molecular weight is 201 g/mol. The van der Waals surface area contributed by atoms with E-state index in [0.29, 0.717) is 0 Å². The second-order valence-corrected chi connectivity index (χ2v) is 3.81. The predicted octanol–water partition coefficient (Wildman–Crippen LogP) is 2.21. The van der Waals surface area contributed by atoms with E-state index in [0.717, 1.165) is 15.9 Å². The number of rotatable bonds is 0. The van der Waals surface area contributed by atoms with Crippen LogP contribution in [0.15, 0.2) is 35.6 Å². The number of hydrogen-bond acceptors (Lipinski definition) is 4. The molecule has 14 heavy (non-hydrogen) atoms. The van der Waals surface area contributed by atoms with Gasteiger partial charge in [0.25, 0.3) is 0 Å². The summed E-state index contributed by atoms with van der Waals surface area (Å²) in [6.45, 7) is 0. The number of hydrogen-bond donors (Lipinski definition) is 1. The zero-order valence-electron chi connectivity index (χ0n) is 7.27. The maximum atomic E-state index is 4.34. The van der Waals surface area contributed by atoms with Gasteiger partial charge >= 0.3 is 0 Å². The molecule has 3 nitrogen and oxygen atoms in total. The molecule has 1 aromatic heterocycles. The molecule has 1 aliphatic rings. The molecule has 0 amide bonds. The van der Waals surface area contributed by atoms with Gasteiger partial charge in [-0.3, -0.25) is 9.97 Å². The van der Waals surface area contributed by atoms with E-state index in [4.69, 9.17) is 0 Å². The first-order valence-corrected chi connectivity index (χ1v) is 5.09. The maximum Gasteiger partial charge on any atom is 0.105 e. The molecule has 0 atom stereocenters. The molecule has 1 aromatic carbocycles. The minimum Gasteiger partial charge on any atom is -0.332 e. The normalized spacial score (nSPS) is 13.7. The smallest absolute Gasteiger partial charge is 0.105 e. The Hall–Kier alpha value is -1.55. The second-order valence-electron chi connectivity index (χ2n) is 2.96. The summed E-state index contributed by atoms with van der Waals surface area (Å²) >= 11 is 1.58. The van der Waals surface area contributed by atoms with E-state index in [9.17, 15) is 0 Å². The summed E-state index contributed by atoms with van der Waals surface area (Å²) < 4.78 is 3.10. The Bertz CT molecular complexity index is 522. The van der Waals surface area contributed by atoms with Crippen molar-refractivity contribution < 1.29 is 0 Å². The fraction of sp³-hybridized carbons (Fsp3) is 0. The van der Waals surface area contributed by atoms with Gasteiger partial charge in [0.1, 0.15) is 5.52 Å². The lowest BCUT2D eigenvalue weighted by molar-refractivity contribution is 1.24. The van der Waals surface area contributed by atoms with E-state index >= 15 is 0 Å². The fourth-order valence-electron chi connectivity index (χ4n) is 1.48. The molecule has 0 saturated carbocycles. The highest BCUT2D eigenvalue weighted by Crippen LogP contribution is 2.30. The topological polar surface area (TPSA) is 37.8 Å². The van der Waals surface area contributed by atoms with E-state index in [1.165, 1.54) is 5.56 Å². The molecule has 1 aliphatic heterocycles. The molecule has 2 aromatic rings. The molecule has 0 radical (unpaired) electrons. The van der Waals surface area contributed by atoms with Crippen molar-refractivity contribution in [2.24, 2.45) is 0 Å². The van der Waals surface area contributed by atoms with Gasteiger partial charge in [-0.1, -0.05) is 6.07 Å². The molecule has 4 heteroatoms. The lowest BCUT2D eigenvalue weighted by atomic mass is 10.2. The second kappa shape index (κ2) is 2.99. The maximum absolute atomic E-state index is 4.34. The molecule has 0 spiro atoms. The van der Waals surface area contributed by atoms with Crippen LogP contribution in [0.5, 0.6) is 0 Å². The van der Waals surface area contributed by atoms with Gasteiger partial charge in [0.2, 0.25) is 0 Å². The molecule has 2 heterocycles. The van der Waals surface area contributed by atoms with Gasteiger partial charge in [-0.25, -0.2) is 0 Å². The van der Waals surface area contributed by atoms with Crippen LogP contribution < -0.4 is 4.72 Å². The Balaban J connectivity index is 2.41. The third-order valence-electron chi connectivity index (χ3n) is 2.12. The van der Waals surface area contributed by atoms with Crippen molar-refractivity contribution in [3.63, 3.8) is 0 Å². The van der Waals surface area contributed by atoms with E-state index in [-0.39, 0.29) is 0 Å². The predicted molar refractivity (Wildman–Crippen MR) is 57.6 cm³/mol. The lowest BCUT2D eigenvalue weighted by Gasteiger charge is -2.11. The van der Waals surface area contributed by atoms with Crippen molar-refractivity contribution in [3.8, 4) is 0 Å². The number of nitrogens with zero attached hydrogens (tertiary/aromatic N) is 2. The molecule has 3 rings (SSSR count). The first kappa shape index (κ1) is 7.82. The molecule has 1 N–H and O–H groups in total. The highest BCUT2D eigenvalue weighted by Gasteiger charge is 2.10. The standard InChI is InChI=1S/C10H7N3S/c1-2-8-9(12-6-5-11-8)10-7(1)3-4-13-14-10/h1-6,13H. The molecule has 0 bridgehead atoms. The van der Waals surface area contributed by atoms with Crippen molar-refractivity contribution in [2.45, 2.75) is 4.90 Å². The van der Waals surface area contributed by atoms with Crippen molar-refractivity contribution >= 4 is 29.1 Å². The molecule has 0 saturated heterocycles. The zero-order chi connectivity index (χ0) is 9.38. The summed E-state index contributed by atoms with van der Waals surface area (Å²) in [6.07, 6.45) is 7.40. The summed E-state index contributed by atoms with van der Waals surface area (Å²) in [5, 5.41) is 0. The van der Waals surface area contributed by atoms with Crippen LogP contribution in [0.1, 0.15) is 5.56 Å². The summed E-state index contributed by atoms with van der Waals surface area (Å²) in [6, 6.07) is 4.06. The highest BCUT2D eigenvalue weighted by molar-refractivity contribution is 7.97. The van der Waals surface area contributed by atoms with Crippen LogP contribution in [-0.2, 0) is 0 Å². The van der Waals surface area contributed by atoms with Gasteiger partial charge in [0, 0.05) is 18.6 Å². The molecule has 0 unspecified atom stereocenters. The molecule has 0 fully saturated rings. The number of aromatic nitrogens is 2. The average Bonchev–Trinajstić information content (AvgIpc) is 2.29. The fourth-order valence-corrected chi connectivity index (χ4v) is 2.24. The van der Waals surface area contributed by atoms with Crippen LogP contribution in [0.25, 0.3) is 17.1 Å². The summed E-state index contributed by atoms with van der Waals surface area (Å²) in [5.74, 6) is 0. The largest absolute Gasteiger partial charge is 0.332 e. The Morgan fingerprint density at radius 2 is 2.07 bits per heavy atom.